The van der Waals surface area contributed by atoms with E-state index >= 15 is 0 Å². The Bertz CT molecular complexity index is 479. The zero-order valence-corrected chi connectivity index (χ0v) is 24.7. The Labute approximate surface area is 225 Å². The molecule has 5 nitrogen and oxygen atoms in total. The lowest BCUT2D eigenvalue weighted by Gasteiger charge is -2.06. The first-order chi connectivity index (χ1) is 17.6. The molecule has 0 spiro atoms. The lowest BCUT2D eigenvalue weighted by atomic mass is 10.1. The first-order valence-corrected chi connectivity index (χ1v) is 16.7. The average Bonchev–Trinajstić information content (AvgIpc) is 2.88. The topological polar surface area (TPSA) is 69.7 Å². The number of hydrogen-bond donors (Lipinski definition) is 0. The molecule has 0 amide bonds. The summed E-state index contributed by atoms with van der Waals surface area (Å²) in [5, 5.41) is 0. The number of esters is 2. The molecule has 0 radical (unpaired) electrons. The minimum atomic E-state index is -1.20. The van der Waals surface area contributed by atoms with E-state index in [2.05, 4.69) is 13.8 Å². The van der Waals surface area contributed by atoms with Crippen molar-refractivity contribution in [3.63, 3.8) is 0 Å². The molecule has 0 aromatic rings. The summed E-state index contributed by atoms with van der Waals surface area (Å²) in [7, 11) is -1.20. The first kappa shape index (κ1) is 35.1. The van der Waals surface area contributed by atoms with Gasteiger partial charge in [-0.05, 0) is 12.8 Å². The summed E-state index contributed by atoms with van der Waals surface area (Å²) in [6.07, 6.45) is 25.2. The number of unbranched alkanes of at least 4 members (excludes halogenated alkanes) is 18. The Balaban J connectivity index is 3.43. The van der Waals surface area contributed by atoms with E-state index in [0.29, 0.717) is 13.2 Å². The fraction of sp³-hybridized carbons (Fsp3) is 0.933. The van der Waals surface area contributed by atoms with Crippen LogP contribution in [0.25, 0.3) is 0 Å². The molecule has 36 heavy (non-hydrogen) atoms. The monoisotopic (exact) mass is 530 g/mol. The van der Waals surface area contributed by atoms with E-state index < -0.39 is 10.8 Å². The minimum Gasteiger partial charge on any atom is -0.466 e. The number of rotatable bonds is 28. The van der Waals surface area contributed by atoms with Gasteiger partial charge < -0.3 is 9.47 Å². The number of carbonyl (C=O) groups excluding carboxylic acids is 2. The molecule has 0 heterocycles. The molecule has 0 aromatic carbocycles. The van der Waals surface area contributed by atoms with E-state index in [-0.39, 0.29) is 36.3 Å². The fourth-order valence-corrected chi connectivity index (χ4v) is 5.18. The van der Waals surface area contributed by atoms with Crippen molar-refractivity contribution in [1.82, 2.24) is 0 Å². The lowest BCUT2D eigenvalue weighted by Crippen LogP contribution is -2.15. The predicted molar refractivity (Wildman–Crippen MR) is 153 cm³/mol. The standard InChI is InChI=1S/C30H58O5S/c1-3-5-7-9-11-13-15-17-19-21-25-34-29(31)23-27-36(33)28-24-30(32)35-26-22-20-18-16-14-12-10-8-6-4-2/h3-28H2,1-2H3. The van der Waals surface area contributed by atoms with Crippen molar-refractivity contribution in [2.45, 2.75) is 155 Å². The molecule has 0 saturated heterocycles. The second kappa shape index (κ2) is 28.7. The van der Waals surface area contributed by atoms with Crippen molar-refractivity contribution in [2.75, 3.05) is 24.7 Å². The van der Waals surface area contributed by atoms with Crippen LogP contribution in [0.3, 0.4) is 0 Å². The molecule has 0 aliphatic carbocycles. The summed E-state index contributed by atoms with van der Waals surface area (Å²) in [5.41, 5.74) is 0. The third-order valence-corrected chi connectivity index (χ3v) is 7.91. The van der Waals surface area contributed by atoms with E-state index in [1.165, 1.54) is 103 Å². The number of ether oxygens (including phenoxy) is 2. The summed E-state index contributed by atoms with van der Waals surface area (Å²) in [6.45, 7) is 5.39. The fourth-order valence-electron chi connectivity index (χ4n) is 4.19. The zero-order valence-electron chi connectivity index (χ0n) is 23.8. The van der Waals surface area contributed by atoms with Gasteiger partial charge in [-0.2, -0.15) is 0 Å². The lowest BCUT2D eigenvalue weighted by molar-refractivity contribution is -0.144. The Hall–Kier alpha value is -0.910. The Morgan fingerprint density at radius 2 is 0.750 bits per heavy atom. The highest BCUT2D eigenvalue weighted by Gasteiger charge is 2.10. The maximum atomic E-state index is 12.1. The average molecular weight is 531 g/mol. The van der Waals surface area contributed by atoms with Crippen LogP contribution in [0.2, 0.25) is 0 Å². The molecule has 0 unspecified atom stereocenters. The smallest absolute Gasteiger partial charge is 0.306 e. The Morgan fingerprint density at radius 3 is 1.06 bits per heavy atom. The predicted octanol–water partition coefficient (Wildman–Crippen LogP) is 8.44. The van der Waals surface area contributed by atoms with Gasteiger partial charge in [-0.15, -0.1) is 0 Å². The SMILES string of the molecule is CCCCCCCCCCCCOC(=O)CCS(=O)CCC(=O)OCCCCCCCCCCCC. The summed E-state index contributed by atoms with van der Waals surface area (Å²) in [4.78, 5) is 23.7. The van der Waals surface area contributed by atoms with Crippen molar-refractivity contribution in [2.24, 2.45) is 0 Å². The molecule has 0 aliphatic heterocycles. The molecule has 0 N–H and O–H groups in total. The van der Waals surface area contributed by atoms with Gasteiger partial charge in [0.1, 0.15) is 0 Å². The minimum absolute atomic E-state index is 0.151. The van der Waals surface area contributed by atoms with Crippen molar-refractivity contribution in [3.8, 4) is 0 Å². The van der Waals surface area contributed by atoms with Crippen LogP contribution in [0.4, 0.5) is 0 Å². The number of hydrogen-bond acceptors (Lipinski definition) is 5. The first-order valence-electron chi connectivity index (χ1n) is 15.3. The quantitative estimate of drug-likeness (QED) is 0.0749. The molecule has 214 valence electrons. The summed E-state index contributed by atoms with van der Waals surface area (Å²) >= 11 is 0. The van der Waals surface area contributed by atoms with E-state index in [1.54, 1.807) is 0 Å². The molecule has 0 atom stereocenters. The molecule has 0 aromatic heterocycles. The van der Waals surface area contributed by atoms with Crippen LogP contribution < -0.4 is 0 Å². The van der Waals surface area contributed by atoms with E-state index in [0.717, 1.165) is 25.7 Å². The third-order valence-electron chi connectivity index (χ3n) is 6.59. The van der Waals surface area contributed by atoms with E-state index in [4.69, 9.17) is 9.47 Å². The molecular formula is C30H58O5S. The maximum Gasteiger partial charge on any atom is 0.306 e. The highest BCUT2D eigenvalue weighted by atomic mass is 32.2. The molecule has 6 heteroatoms. The second-order valence-electron chi connectivity index (χ2n) is 10.2. The molecule has 0 aliphatic rings. The van der Waals surface area contributed by atoms with Crippen LogP contribution in [0.5, 0.6) is 0 Å². The normalized spacial score (nSPS) is 11.2. The Kier molecular flexibility index (Phi) is 27.9. The van der Waals surface area contributed by atoms with Gasteiger partial charge in [0.05, 0.1) is 26.1 Å². The highest BCUT2D eigenvalue weighted by molar-refractivity contribution is 7.85. The van der Waals surface area contributed by atoms with Crippen LogP contribution >= 0.6 is 0 Å². The van der Waals surface area contributed by atoms with Crippen molar-refractivity contribution in [1.29, 1.82) is 0 Å². The van der Waals surface area contributed by atoms with Gasteiger partial charge in [0, 0.05) is 22.3 Å². The summed E-state index contributed by atoms with van der Waals surface area (Å²) in [6, 6.07) is 0. The molecule has 0 fully saturated rings. The van der Waals surface area contributed by atoms with E-state index in [1.807, 2.05) is 0 Å². The summed E-state index contributed by atoms with van der Waals surface area (Å²) < 4.78 is 22.6. The zero-order chi connectivity index (χ0) is 26.5. The Morgan fingerprint density at radius 1 is 0.472 bits per heavy atom. The molecule has 0 saturated carbocycles. The van der Waals surface area contributed by atoms with Gasteiger partial charge in [-0.3, -0.25) is 13.8 Å². The van der Waals surface area contributed by atoms with Gasteiger partial charge in [0.2, 0.25) is 0 Å². The van der Waals surface area contributed by atoms with Gasteiger partial charge in [0.25, 0.3) is 0 Å². The van der Waals surface area contributed by atoms with Crippen molar-refractivity contribution >= 4 is 22.7 Å². The van der Waals surface area contributed by atoms with Crippen LogP contribution in [-0.2, 0) is 29.9 Å². The molecular weight excluding hydrogens is 472 g/mol. The molecule has 0 bridgehead atoms. The third kappa shape index (κ3) is 27.7. The largest absolute Gasteiger partial charge is 0.466 e. The van der Waals surface area contributed by atoms with Gasteiger partial charge in [-0.1, -0.05) is 129 Å². The van der Waals surface area contributed by atoms with Gasteiger partial charge >= 0.3 is 11.9 Å². The van der Waals surface area contributed by atoms with Crippen LogP contribution in [0, 0.1) is 0 Å². The van der Waals surface area contributed by atoms with Gasteiger partial charge in [0.15, 0.2) is 0 Å². The van der Waals surface area contributed by atoms with Crippen molar-refractivity contribution in [3.05, 3.63) is 0 Å². The van der Waals surface area contributed by atoms with Crippen molar-refractivity contribution < 1.29 is 23.3 Å². The van der Waals surface area contributed by atoms with Crippen LogP contribution in [0.1, 0.15) is 155 Å². The summed E-state index contributed by atoms with van der Waals surface area (Å²) in [5.74, 6) is -0.0730. The van der Waals surface area contributed by atoms with Gasteiger partial charge in [-0.25, -0.2) is 0 Å². The molecule has 0 rings (SSSR count). The number of carbonyl (C=O) groups is 2. The van der Waals surface area contributed by atoms with Crippen LogP contribution in [0.15, 0.2) is 0 Å². The highest BCUT2D eigenvalue weighted by Crippen LogP contribution is 2.12. The van der Waals surface area contributed by atoms with E-state index in [9.17, 15) is 13.8 Å². The van der Waals surface area contributed by atoms with Crippen LogP contribution in [-0.4, -0.2) is 40.9 Å². The maximum absolute atomic E-state index is 12.1. The second-order valence-corrected chi connectivity index (χ2v) is 11.8.